The SMILES string of the molecule is N#Cc1cncc(-c2cc3ccccc3[nH]2)c1Nc1cccc2[nH]ccc12. The summed E-state index contributed by atoms with van der Waals surface area (Å²) >= 11 is 0. The Kier molecular flexibility index (Phi) is 3.41. The van der Waals surface area contributed by atoms with Crippen LogP contribution < -0.4 is 5.32 Å². The fraction of sp³-hybridized carbons (Fsp3) is 0. The van der Waals surface area contributed by atoms with Crippen LogP contribution in [0.1, 0.15) is 5.56 Å². The molecule has 3 N–H and O–H groups in total. The van der Waals surface area contributed by atoms with Crippen LogP contribution in [0.5, 0.6) is 0 Å². The monoisotopic (exact) mass is 349 g/mol. The van der Waals surface area contributed by atoms with E-state index >= 15 is 0 Å². The Bertz CT molecular complexity index is 1290. The lowest BCUT2D eigenvalue weighted by atomic mass is 10.1. The maximum Gasteiger partial charge on any atom is 0.103 e. The molecule has 0 aliphatic heterocycles. The number of pyridine rings is 1. The van der Waals surface area contributed by atoms with Gasteiger partial charge in [-0.1, -0.05) is 24.3 Å². The summed E-state index contributed by atoms with van der Waals surface area (Å²) in [5.74, 6) is 0. The summed E-state index contributed by atoms with van der Waals surface area (Å²) in [5.41, 5.74) is 6.05. The van der Waals surface area contributed by atoms with Gasteiger partial charge in [0, 0.05) is 51.6 Å². The highest BCUT2D eigenvalue weighted by atomic mass is 14.9. The molecular formula is C22H15N5. The zero-order valence-corrected chi connectivity index (χ0v) is 14.3. The number of benzene rings is 2. The molecule has 0 bridgehead atoms. The zero-order chi connectivity index (χ0) is 18.2. The molecule has 3 heterocycles. The van der Waals surface area contributed by atoms with Crippen molar-refractivity contribution in [3.05, 3.63) is 78.8 Å². The first kappa shape index (κ1) is 15.2. The smallest absolute Gasteiger partial charge is 0.103 e. The Morgan fingerprint density at radius 2 is 1.85 bits per heavy atom. The molecule has 0 saturated carbocycles. The number of nitrogens with zero attached hydrogens (tertiary/aromatic N) is 2. The molecule has 2 aromatic carbocycles. The van der Waals surface area contributed by atoms with Gasteiger partial charge in [-0.3, -0.25) is 4.98 Å². The number of H-pyrrole nitrogens is 2. The van der Waals surface area contributed by atoms with E-state index in [0.29, 0.717) is 5.56 Å². The second-order valence-corrected chi connectivity index (χ2v) is 6.36. The van der Waals surface area contributed by atoms with E-state index < -0.39 is 0 Å². The first-order valence-electron chi connectivity index (χ1n) is 8.63. The van der Waals surface area contributed by atoms with Crippen LogP contribution in [0.4, 0.5) is 11.4 Å². The van der Waals surface area contributed by atoms with Gasteiger partial charge in [-0.05, 0) is 30.3 Å². The average molecular weight is 349 g/mol. The van der Waals surface area contributed by atoms with Crippen molar-refractivity contribution in [1.82, 2.24) is 15.0 Å². The Morgan fingerprint density at radius 3 is 2.74 bits per heavy atom. The van der Waals surface area contributed by atoms with Gasteiger partial charge in [-0.25, -0.2) is 0 Å². The minimum atomic E-state index is 0.499. The van der Waals surface area contributed by atoms with Crippen LogP contribution in [0.15, 0.2) is 73.2 Å². The average Bonchev–Trinajstić information content (AvgIpc) is 3.35. The predicted octanol–water partition coefficient (Wildman–Crippen LogP) is 5.33. The fourth-order valence-electron chi connectivity index (χ4n) is 3.43. The largest absolute Gasteiger partial charge is 0.361 e. The van der Waals surface area contributed by atoms with Gasteiger partial charge in [-0.15, -0.1) is 0 Å². The van der Waals surface area contributed by atoms with Crippen LogP contribution in [-0.4, -0.2) is 15.0 Å². The lowest BCUT2D eigenvalue weighted by Gasteiger charge is -2.13. The third-order valence-electron chi connectivity index (χ3n) is 4.74. The number of aromatic amines is 2. The quantitative estimate of drug-likeness (QED) is 0.412. The Labute approximate surface area is 155 Å². The maximum atomic E-state index is 9.63. The van der Waals surface area contributed by atoms with Gasteiger partial charge < -0.3 is 15.3 Å². The Balaban J connectivity index is 1.69. The number of hydrogen-bond acceptors (Lipinski definition) is 3. The molecule has 5 nitrogen and oxygen atoms in total. The van der Waals surface area contributed by atoms with Crippen LogP contribution >= 0.6 is 0 Å². The van der Waals surface area contributed by atoms with Crippen LogP contribution in [0.25, 0.3) is 33.1 Å². The van der Waals surface area contributed by atoms with E-state index in [-0.39, 0.29) is 0 Å². The molecule has 5 aromatic rings. The van der Waals surface area contributed by atoms with Crippen LogP contribution in [0, 0.1) is 11.3 Å². The third kappa shape index (κ3) is 2.52. The molecule has 0 unspecified atom stereocenters. The molecule has 27 heavy (non-hydrogen) atoms. The van der Waals surface area contributed by atoms with Gasteiger partial charge in [0.1, 0.15) is 6.07 Å². The summed E-state index contributed by atoms with van der Waals surface area (Å²) in [7, 11) is 0. The van der Waals surface area contributed by atoms with E-state index in [1.807, 2.05) is 48.7 Å². The minimum absolute atomic E-state index is 0.499. The fourth-order valence-corrected chi connectivity index (χ4v) is 3.43. The molecule has 3 aromatic heterocycles. The van der Waals surface area contributed by atoms with Gasteiger partial charge >= 0.3 is 0 Å². The van der Waals surface area contributed by atoms with Crippen LogP contribution in [0.3, 0.4) is 0 Å². The third-order valence-corrected chi connectivity index (χ3v) is 4.74. The zero-order valence-electron chi connectivity index (χ0n) is 14.3. The number of hydrogen-bond donors (Lipinski definition) is 3. The van der Waals surface area contributed by atoms with E-state index in [4.69, 9.17) is 0 Å². The van der Waals surface area contributed by atoms with Crippen molar-refractivity contribution in [2.45, 2.75) is 0 Å². The van der Waals surface area contributed by atoms with Gasteiger partial charge in [-0.2, -0.15) is 5.26 Å². The van der Waals surface area contributed by atoms with E-state index in [1.165, 1.54) is 0 Å². The summed E-state index contributed by atoms with van der Waals surface area (Å²) in [6.07, 6.45) is 5.28. The van der Waals surface area contributed by atoms with Gasteiger partial charge in [0.15, 0.2) is 0 Å². The van der Waals surface area contributed by atoms with Crippen LogP contribution in [0.2, 0.25) is 0 Å². The Morgan fingerprint density at radius 1 is 0.963 bits per heavy atom. The molecule has 5 rings (SSSR count). The molecule has 0 radical (unpaired) electrons. The standard InChI is InChI=1S/C22H15N5/c23-11-15-12-24-13-17(21-10-14-4-1-2-5-18(14)26-21)22(15)27-20-7-3-6-19-16(20)8-9-25-19/h1-10,12-13,25-26H,(H,24,27). The summed E-state index contributed by atoms with van der Waals surface area (Å²) in [6, 6.07) is 20.5. The van der Waals surface area contributed by atoms with Crippen molar-refractivity contribution >= 4 is 33.2 Å². The van der Waals surface area contributed by atoms with Crippen LogP contribution in [-0.2, 0) is 0 Å². The van der Waals surface area contributed by atoms with E-state index in [1.54, 1.807) is 12.4 Å². The van der Waals surface area contributed by atoms with Crippen molar-refractivity contribution in [3.8, 4) is 17.3 Å². The number of fused-ring (bicyclic) bond motifs is 2. The second-order valence-electron chi connectivity index (χ2n) is 6.36. The highest BCUT2D eigenvalue weighted by molar-refractivity contribution is 5.97. The summed E-state index contributed by atoms with van der Waals surface area (Å²) in [6.45, 7) is 0. The highest BCUT2D eigenvalue weighted by Crippen LogP contribution is 2.35. The van der Waals surface area contributed by atoms with Gasteiger partial charge in [0.25, 0.3) is 0 Å². The molecule has 5 heteroatoms. The van der Waals surface area contributed by atoms with Crippen molar-refractivity contribution in [1.29, 1.82) is 5.26 Å². The van der Waals surface area contributed by atoms with Gasteiger partial charge in [0.2, 0.25) is 0 Å². The number of rotatable bonds is 3. The van der Waals surface area contributed by atoms with E-state index in [2.05, 4.69) is 38.5 Å². The molecular weight excluding hydrogens is 334 g/mol. The van der Waals surface area contributed by atoms with E-state index in [9.17, 15) is 5.26 Å². The second kappa shape index (κ2) is 6.04. The molecule has 0 atom stereocenters. The first-order chi connectivity index (χ1) is 13.3. The number of anilines is 2. The lowest BCUT2D eigenvalue weighted by Crippen LogP contribution is -1.98. The van der Waals surface area contributed by atoms with E-state index in [0.717, 1.165) is 44.4 Å². The molecule has 0 saturated heterocycles. The number of nitrogens with one attached hydrogen (secondary N) is 3. The van der Waals surface area contributed by atoms with Crippen molar-refractivity contribution < 1.29 is 0 Å². The highest BCUT2D eigenvalue weighted by Gasteiger charge is 2.14. The summed E-state index contributed by atoms with van der Waals surface area (Å²) in [4.78, 5) is 10.9. The lowest BCUT2D eigenvalue weighted by molar-refractivity contribution is 1.29. The van der Waals surface area contributed by atoms with Crippen molar-refractivity contribution in [2.24, 2.45) is 0 Å². The van der Waals surface area contributed by atoms with Crippen molar-refractivity contribution in [3.63, 3.8) is 0 Å². The van der Waals surface area contributed by atoms with Gasteiger partial charge in [0.05, 0.1) is 16.9 Å². The summed E-state index contributed by atoms with van der Waals surface area (Å²) < 4.78 is 0. The molecule has 0 aliphatic carbocycles. The summed E-state index contributed by atoms with van der Waals surface area (Å²) in [5, 5.41) is 15.3. The number of nitriles is 1. The number of para-hydroxylation sites is 1. The molecule has 0 amide bonds. The molecule has 0 spiro atoms. The number of aromatic nitrogens is 3. The predicted molar refractivity (Wildman–Crippen MR) is 108 cm³/mol. The molecule has 0 fully saturated rings. The maximum absolute atomic E-state index is 9.63. The molecule has 0 aliphatic rings. The molecule has 128 valence electrons. The normalized spacial score (nSPS) is 10.9. The van der Waals surface area contributed by atoms with Crippen molar-refractivity contribution in [2.75, 3.05) is 5.32 Å². The minimum Gasteiger partial charge on any atom is -0.361 e. The first-order valence-corrected chi connectivity index (χ1v) is 8.63. The topological polar surface area (TPSA) is 80.3 Å². The Hall–Kier alpha value is -4.04.